The molecular weight excluding hydrogens is 383 g/mol. The van der Waals surface area contributed by atoms with Crippen LogP contribution in [0.4, 0.5) is 5.82 Å². The molecule has 0 saturated carbocycles. The summed E-state index contributed by atoms with van der Waals surface area (Å²) in [7, 11) is 0. The third-order valence-corrected chi connectivity index (χ3v) is 5.47. The lowest BCUT2D eigenvalue weighted by molar-refractivity contribution is -0.131. The van der Waals surface area contributed by atoms with E-state index >= 15 is 0 Å². The summed E-state index contributed by atoms with van der Waals surface area (Å²) in [6, 6.07) is 12.4. The molecule has 7 heteroatoms. The topological polar surface area (TPSA) is 48.5 Å². The van der Waals surface area contributed by atoms with E-state index in [-0.39, 0.29) is 24.8 Å². The highest BCUT2D eigenvalue weighted by Crippen LogP contribution is 2.20. The summed E-state index contributed by atoms with van der Waals surface area (Å²) in [6.07, 6.45) is 2.94. The number of rotatable bonds is 4. The van der Waals surface area contributed by atoms with Crippen molar-refractivity contribution in [1.29, 1.82) is 0 Å². The Morgan fingerprint density at radius 2 is 1.85 bits per heavy atom. The molecule has 0 spiro atoms. The van der Waals surface area contributed by atoms with Gasteiger partial charge in [0.25, 0.3) is 0 Å². The monoisotopic (exact) mass is 410 g/mol. The number of fused-ring (bicyclic) bond motifs is 1. The number of amides is 1. The van der Waals surface area contributed by atoms with Gasteiger partial charge in [0.2, 0.25) is 5.91 Å². The number of halogens is 2. The second-order valence-corrected chi connectivity index (χ2v) is 7.13. The number of nitrogens with zero attached hydrogens (tertiary/aromatic N) is 3. The van der Waals surface area contributed by atoms with E-state index in [4.69, 9.17) is 4.98 Å². The zero-order valence-electron chi connectivity index (χ0n) is 15.5. The SMILES string of the molecule is Cl.Cl.O=C(CCC1CCNC1)N1CCN(c2ccc3ccccc3n2)CC1. The Hall–Kier alpha value is -1.56. The number of carbonyl (C=O) groups is 1. The average molecular weight is 411 g/mol. The summed E-state index contributed by atoms with van der Waals surface area (Å²) in [5.41, 5.74) is 1.03. The molecule has 4 rings (SSSR count). The number of hydrogen-bond acceptors (Lipinski definition) is 4. The van der Waals surface area contributed by atoms with Crippen LogP contribution in [0.15, 0.2) is 36.4 Å². The first-order chi connectivity index (χ1) is 12.3. The van der Waals surface area contributed by atoms with Crippen molar-refractivity contribution in [1.82, 2.24) is 15.2 Å². The second kappa shape index (κ2) is 10.1. The summed E-state index contributed by atoms with van der Waals surface area (Å²) in [5.74, 6) is 2.02. The van der Waals surface area contributed by atoms with Gasteiger partial charge < -0.3 is 15.1 Å². The van der Waals surface area contributed by atoms with Crippen LogP contribution in [0.3, 0.4) is 0 Å². The van der Waals surface area contributed by atoms with Crippen LogP contribution in [0.25, 0.3) is 10.9 Å². The van der Waals surface area contributed by atoms with Crippen molar-refractivity contribution in [3.8, 4) is 0 Å². The highest BCUT2D eigenvalue weighted by molar-refractivity contribution is 5.85. The zero-order chi connectivity index (χ0) is 17.1. The van der Waals surface area contributed by atoms with Crippen molar-refractivity contribution in [3.05, 3.63) is 36.4 Å². The lowest BCUT2D eigenvalue weighted by atomic mass is 10.0. The Morgan fingerprint density at radius 1 is 1.07 bits per heavy atom. The molecule has 0 radical (unpaired) electrons. The number of para-hydroxylation sites is 1. The van der Waals surface area contributed by atoms with Crippen LogP contribution >= 0.6 is 24.8 Å². The van der Waals surface area contributed by atoms with Gasteiger partial charge in [0.1, 0.15) is 5.82 Å². The van der Waals surface area contributed by atoms with Crippen molar-refractivity contribution >= 4 is 47.4 Å². The molecule has 1 unspecified atom stereocenters. The van der Waals surface area contributed by atoms with Gasteiger partial charge in [0.15, 0.2) is 0 Å². The first-order valence-corrected chi connectivity index (χ1v) is 9.39. The van der Waals surface area contributed by atoms with E-state index in [1.54, 1.807) is 0 Å². The maximum absolute atomic E-state index is 12.4. The van der Waals surface area contributed by atoms with Crippen molar-refractivity contribution < 1.29 is 4.79 Å². The standard InChI is InChI=1S/C20H26N4O.2ClH/c25-20(8-5-16-9-10-21-15-16)24-13-11-23(12-14-24)19-7-6-17-3-1-2-4-18(17)22-19;;/h1-4,6-7,16,21H,5,8-15H2;2*1H. The van der Waals surface area contributed by atoms with Crippen LogP contribution in [0, 0.1) is 5.92 Å². The Kier molecular flexibility index (Phi) is 8.14. The first kappa shape index (κ1) is 21.7. The molecule has 2 saturated heterocycles. The van der Waals surface area contributed by atoms with Gasteiger partial charge >= 0.3 is 0 Å². The van der Waals surface area contributed by atoms with Gasteiger partial charge in [-0.3, -0.25) is 4.79 Å². The molecule has 1 amide bonds. The van der Waals surface area contributed by atoms with Crippen LogP contribution in [0.5, 0.6) is 0 Å². The summed E-state index contributed by atoms with van der Waals surface area (Å²) in [6.45, 7) is 5.52. The maximum atomic E-state index is 12.4. The number of benzene rings is 1. The molecule has 27 heavy (non-hydrogen) atoms. The minimum atomic E-state index is 0. The smallest absolute Gasteiger partial charge is 0.222 e. The minimum absolute atomic E-state index is 0. The fourth-order valence-electron chi connectivity index (χ4n) is 3.86. The van der Waals surface area contributed by atoms with E-state index in [1.807, 2.05) is 17.0 Å². The molecule has 0 bridgehead atoms. The summed E-state index contributed by atoms with van der Waals surface area (Å²) >= 11 is 0. The van der Waals surface area contributed by atoms with E-state index < -0.39 is 0 Å². The molecule has 1 N–H and O–H groups in total. The van der Waals surface area contributed by atoms with Crippen molar-refractivity contribution in [2.45, 2.75) is 19.3 Å². The van der Waals surface area contributed by atoms with Crippen molar-refractivity contribution in [2.75, 3.05) is 44.2 Å². The Balaban J connectivity index is 0.00000131. The van der Waals surface area contributed by atoms with Gasteiger partial charge in [0.05, 0.1) is 5.52 Å². The Morgan fingerprint density at radius 3 is 2.59 bits per heavy atom. The van der Waals surface area contributed by atoms with Gasteiger partial charge in [-0.25, -0.2) is 4.98 Å². The Bertz CT molecular complexity index is 744. The quantitative estimate of drug-likeness (QED) is 0.840. The molecule has 1 aromatic carbocycles. The fraction of sp³-hybridized carbons (Fsp3) is 0.500. The van der Waals surface area contributed by atoms with Crippen LogP contribution in [-0.2, 0) is 4.79 Å². The number of nitrogens with one attached hydrogen (secondary N) is 1. The molecular formula is C20H28Cl2N4O. The van der Waals surface area contributed by atoms with Gasteiger partial charge in [-0.1, -0.05) is 18.2 Å². The van der Waals surface area contributed by atoms with Crippen LogP contribution in [0.2, 0.25) is 0 Å². The van der Waals surface area contributed by atoms with Gasteiger partial charge in [-0.2, -0.15) is 0 Å². The van der Waals surface area contributed by atoms with Crippen LogP contribution < -0.4 is 10.2 Å². The van der Waals surface area contributed by atoms with Gasteiger partial charge in [-0.05, 0) is 50.0 Å². The Labute approximate surface area is 173 Å². The van der Waals surface area contributed by atoms with E-state index in [0.29, 0.717) is 18.2 Å². The highest BCUT2D eigenvalue weighted by Gasteiger charge is 2.23. The lowest BCUT2D eigenvalue weighted by Gasteiger charge is -2.35. The van der Waals surface area contributed by atoms with Crippen LogP contribution in [-0.4, -0.2) is 55.1 Å². The lowest BCUT2D eigenvalue weighted by Crippen LogP contribution is -2.49. The molecule has 5 nitrogen and oxygen atoms in total. The highest BCUT2D eigenvalue weighted by atomic mass is 35.5. The molecule has 1 atom stereocenters. The number of carbonyl (C=O) groups excluding carboxylic acids is 1. The van der Waals surface area contributed by atoms with Crippen molar-refractivity contribution in [2.24, 2.45) is 5.92 Å². The van der Waals surface area contributed by atoms with Gasteiger partial charge in [-0.15, -0.1) is 24.8 Å². The second-order valence-electron chi connectivity index (χ2n) is 7.13. The van der Waals surface area contributed by atoms with Gasteiger partial charge in [0, 0.05) is 38.0 Å². The molecule has 1 aromatic heterocycles. The molecule has 2 fully saturated rings. The van der Waals surface area contributed by atoms with E-state index in [1.165, 1.54) is 11.8 Å². The maximum Gasteiger partial charge on any atom is 0.222 e. The van der Waals surface area contributed by atoms with E-state index in [2.05, 4.69) is 34.5 Å². The largest absolute Gasteiger partial charge is 0.353 e. The number of hydrogen-bond donors (Lipinski definition) is 1. The third-order valence-electron chi connectivity index (χ3n) is 5.47. The molecule has 2 aliphatic rings. The molecule has 0 aliphatic carbocycles. The van der Waals surface area contributed by atoms with Crippen LogP contribution in [0.1, 0.15) is 19.3 Å². The summed E-state index contributed by atoms with van der Waals surface area (Å²) in [4.78, 5) is 21.5. The van der Waals surface area contributed by atoms with E-state index in [0.717, 1.165) is 57.0 Å². The normalized spacial score (nSPS) is 19.5. The predicted molar refractivity (Wildman–Crippen MR) is 115 cm³/mol. The predicted octanol–water partition coefficient (Wildman–Crippen LogP) is 3.12. The average Bonchev–Trinajstić information content (AvgIpc) is 3.19. The number of piperazine rings is 1. The number of pyridine rings is 1. The molecule has 3 heterocycles. The third kappa shape index (κ3) is 5.24. The van der Waals surface area contributed by atoms with Crippen molar-refractivity contribution in [3.63, 3.8) is 0 Å². The fourth-order valence-corrected chi connectivity index (χ4v) is 3.86. The number of anilines is 1. The first-order valence-electron chi connectivity index (χ1n) is 9.39. The molecule has 2 aromatic rings. The molecule has 148 valence electrons. The van der Waals surface area contributed by atoms with E-state index in [9.17, 15) is 4.79 Å². The summed E-state index contributed by atoms with van der Waals surface area (Å²) < 4.78 is 0. The number of aromatic nitrogens is 1. The molecule has 2 aliphatic heterocycles. The minimum Gasteiger partial charge on any atom is -0.353 e. The zero-order valence-corrected chi connectivity index (χ0v) is 17.1. The summed E-state index contributed by atoms with van der Waals surface area (Å²) in [5, 5.41) is 4.54.